The van der Waals surface area contributed by atoms with Gasteiger partial charge in [0.2, 0.25) is 5.76 Å². The third-order valence-electron chi connectivity index (χ3n) is 3.85. The van der Waals surface area contributed by atoms with Crippen molar-refractivity contribution in [2.45, 2.75) is 19.6 Å². The number of aliphatic hydroxyl groups excluding tert-OH is 1. The summed E-state index contributed by atoms with van der Waals surface area (Å²) in [4.78, 5) is 2.06. The molecule has 0 aliphatic rings. The molecule has 1 aromatic carbocycles. The van der Waals surface area contributed by atoms with Crippen molar-refractivity contribution in [2.75, 3.05) is 13.2 Å². The Kier molecular flexibility index (Phi) is 5.62. The Morgan fingerprint density at radius 2 is 1.96 bits per heavy atom. The molecule has 0 fully saturated rings. The van der Waals surface area contributed by atoms with Gasteiger partial charge in [0.25, 0.3) is 0 Å². The standard InChI is InChI=1S/C19H20N4O2/c20-10-18-6-7-19(25-18)15-22(8-9-24)12-17-11-21-23(14-17)13-16-4-2-1-3-5-16/h1-7,11,14,24H,8-9,12-13,15H2. The van der Waals surface area contributed by atoms with Crippen molar-refractivity contribution in [1.82, 2.24) is 14.7 Å². The number of aliphatic hydroxyl groups is 1. The van der Waals surface area contributed by atoms with Crippen LogP contribution < -0.4 is 0 Å². The molecule has 0 aliphatic carbocycles. The maximum atomic E-state index is 9.30. The highest BCUT2D eigenvalue weighted by atomic mass is 16.3. The summed E-state index contributed by atoms with van der Waals surface area (Å²) >= 11 is 0. The maximum Gasteiger partial charge on any atom is 0.203 e. The molecule has 0 saturated carbocycles. The molecule has 25 heavy (non-hydrogen) atoms. The molecule has 2 aromatic heterocycles. The highest BCUT2D eigenvalue weighted by Gasteiger charge is 2.11. The number of benzene rings is 1. The van der Waals surface area contributed by atoms with Gasteiger partial charge in [0.15, 0.2) is 0 Å². The van der Waals surface area contributed by atoms with Crippen molar-refractivity contribution in [1.29, 1.82) is 5.26 Å². The van der Waals surface area contributed by atoms with Crippen LogP contribution in [0.3, 0.4) is 0 Å². The number of furan rings is 1. The molecule has 0 aliphatic heterocycles. The number of rotatable bonds is 8. The number of aromatic nitrogens is 2. The summed E-state index contributed by atoms with van der Waals surface area (Å²) in [5.74, 6) is 1.01. The molecule has 0 unspecified atom stereocenters. The van der Waals surface area contributed by atoms with E-state index >= 15 is 0 Å². The third kappa shape index (κ3) is 4.80. The smallest absolute Gasteiger partial charge is 0.203 e. The minimum absolute atomic E-state index is 0.0595. The Balaban J connectivity index is 1.63. The van der Waals surface area contributed by atoms with Crippen molar-refractivity contribution >= 4 is 0 Å². The minimum Gasteiger partial charge on any atom is -0.449 e. The van der Waals surface area contributed by atoms with Crippen LogP contribution in [0.4, 0.5) is 0 Å². The molecule has 0 atom stereocenters. The van der Waals surface area contributed by atoms with Crippen LogP contribution in [0.1, 0.15) is 22.6 Å². The van der Waals surface area contributed by atoms with E-state index in [-0.39, 0.29) is 6.61 Å². The molecule has 0 saturated heterocycles. The lowest BCUT2D eigenvalue weighted by Gasteiger charge is -2.19. The monoisotopic (exact) mass is 336 g/mol. The Labute approximate surface area is 146 Å². The molecule has 2 heterocycles. The van der Waals surface area contributed by atoms with E-state index in [1.807, 2.05) is 41.3 Å². The summed E-state index contributed by atoms with van der Waals surface area (Å²) < 4.78 is 7.33. The van der Waals surface area contributed by atoms with E-state index in [1.54, 1.807) is 12.1 Å². The van der Waals surface area contributed by atoms with E-state index in [0.29, 0.717) is 31.2 Å². The minimum atomic E-state index is 0.0595. The van der Waals surface area contributed by atoms with Crippen LogP contribution in [-0.2, 0) is 19.6 Å². The van der Waals surface area contributed by atoms with Crippen LogP contribution in [0.5, 0.6) is 0 Å². The maximum absolute atomic E-state index is 9.30. The number of hydrogen-bond acceptors (Lipinski definition) is 5. The number of nitriles is 1. The molecule has 3 aromatic rings. The highest BCUT2D eigenvalue weighted by Crippen LogP contribution is 2.13. The van der Waals surface area contributed by atoms with Gasteiger partial charge in [-0.3, -0.25) is 9.58 Å². The second-order valence-electron chi connectivity index (χ2n) is 5.84. The van der Waals surface area contributed by atoms with Crippen LogP contribution in [0.2, 0.25) is 0 Å². The van der Waals surface area contributed by atoms with E-state index in [1.165, 1.54) is 5.56 Å². The molecule has 0 amide bonds. The molecular formula is C19H20N4O2. The van der Waals surface area contributed by atoms with Gasteiger partial charge < -0.3 is 9.52 Å². The fraction of sp³-hybridized carbons (Fsp3) is 0.263. The second kappa shape index (κ2) is 8.29. The molecule has 0 bridgehead atoms. The topological polar surface area (TPSA) is 78.2 Å². The highest BCUT2D eigenvalue weighted by molar-refractivity contribution is 5.19. The van der Waals surface area contributed by atoms with Crippen LogP contribution in [0, 0.1) is 11.3 Å². The lowest BCUT2D eigenvalue weighted by atomic mass is 10.2. The Morgan fingerprint density at radius 1 is 1.12 bits per heavy atom. The molecule has 6 heteroatoms. The zero-order valence-corrected chi connectivity index (χ0v) is 13.9. The van der Waals surface area contributed by atoms with E-state index < -0.39 is 0 Å². The summed E-state index contributed by atoms with van der Waals surface area (Å²) in [6.07, 6.45) is 3.86. The average Bonchev–Trinajstić information content (AvgIpc) is 3.25. The van der Waals surface area contributed by atoms with E-state index in [2.05, 4.69) is 22.1 Å². The van der Waals surface area contributed by atoms with Crippen LogP contribution in [0.15, 0.2) is 59.3 Å². The predicted octanol–water partition coefficient (Wildman–Crippen LogP) is 2.39. The largest absolute Gasteiger partial charge is 0.449 e. The molecule has 1 N–H and O–H groups in total. The van der Waals surface area contributed by atoms with Crippen molar-refractivity contribution in [3.63, 3.8) is 0 Å². The Morgan fingerprint density at radius 3 is 2.68 bits per heavy atom. The van der Waals surface area contributed by atoms with Crippen LogP contribution >= 0.6 is 0 Å². The Bertz CT molecular complexity index is 832. The lowest BCUT2D eigenvalue weighted by Crippen LogP contribution is -2.25. The summed E-state index contributed by atoms with van der Waals surface area (Å²) in [7, 11) is 0. The van der Waals surface area contributed by atoms with Crippen LogP contribution in [-0.4, -0.2) is 32.9 Å². The van der Waals surface area contributed by atoms with E-state index in [4.69, 9.17) is 9.68 Å². The molecular weight excluding hydrogens is 316 g/mol. The summed E-state index contributed by atoms with van der Waals surface area (Å²) in [6.45, 7) is 2.49. The predicted molar refractivity (Wildman–Crippen MR) is 92.4 cm³/mol. The van der Waals surface area contributed by atoms with Gasteiger partial charge in [-0.2, -0.15) is 10.4 Å². The van der Waals surface area contributed by atoms with Gasteiger partial charge in [0.05, 0.1) is 25.9 Å². The van der Waals surface area contributed by atoms with Gasteiger partial charge in [0.1, 0.15) is 11.8 Å². The fourth-order valence-electron chi connectivity index (χ4n) is 2.70. The zero-order valence-electron chi connectivity index (χ0n) is 13.9. The lowest BCUT2D eigenvalue weighted by molar-refractivity contribution is 0.174. The molecule has 0 spiro atoms. The first-order valence-electron chi connectivity index (χ1n) is 8.14. The van der Waals surface area contributed by atoms with Crippen LogP contribution in [0.25, 0.3) is 0 Å². The first kappa shape index (κ1) is 17.0. The van der Waals surface area contributed by atoms with E-state index in [0.717, 1.165) is 12.1 Å². The normalized spacial score (nSPS) is 10.9. The van der Waals surface area contributed by atoms with Gasteiger partial charge in [-0.1, -0.05) is 30.3 Å². The van der Waals surface area contributed by atoms with E-state index in [9.17, 15) is 5.11 Å². The van der Waals surface area contributed by atoms with Crippen molar-refractivity contribution in [2.24, 2.45) is 0 Å². The zero-order chi connectivity index (χ0) is 17.5. The molecule has 128 valence electrons. The number of nitrogens with zero attached hydrogens (tertiary/aromatic N) is 4. The van der Waals surface area contributed by atoms with Gasteiger partial charge in [-0.25, -0.2) is 0 Å². The summed E-state index contributed by atoms with van der Waals surface area (Å²) in [5.41, 5.74) is 2.26. The number of hydrogen-bond donors (Lipinski definition) is 1. The van der Waals surface area contributed by atoms with Crippen molar-refractivity contribution in [3.05, 3.63) is 77.5 Å². The first-order chi connectivity index (χ1) is 12.3. The van der Waals surface area contributed by atoms with Gasteiger partial charge >= 0.3 is 0 Å². The van der Waals surface area contributed by atoms with Gasteiger partial charge in [-0.15, -0.1) is 0 Å². The van der Waals surface area contributed by atoms with Gasteiger partial charge in [0, 0.05) is 24.8 Å². The molecule has 0 radical (unpaired) electrons. The fourth-order valence-corrected chi connectivity index (χ4v) is 2.70. The Hall–Kier alpha value is -2.88. The quantitative estimate of drug-likeness (QED) is 0.683. The molecule has 6 nitrogen and oxygen atoms in total. The second-order valence-corrected chi connectivity index (χ2v) is 5.84. The van der Waals surface area contributed by atoms with Gasteiger partial charge in [-0.05, 0) is 17.7 Å². The van der Waals surface area contributed by atoms with Crippen molar-refractivity contribution in [3.8, 4) is 6.07 Å². The molecule has 3 rings (SSSR count). The average molecular weight is 336 g/mol. The summed E-state index contributed by atoms with van der Waals surface area (Å²) in [6, 6.07) is 15.6. The van der Waals surface area contributed by atoms with Crippen molar-refractivity contribution < 1.29 is 9.52 Å². The first-order valence-corrected chi connectivity index (χ1v) is 8.14. The summed E-state index contributed by atoms with van der Waals surface area (Å²) in [5, 5.41) is 22.5. The SMILES string of the molecule is N#Cc1ccc(CN(CCO)Cc2cnn(Cc3ccccc3)c2)o1. The third-order valence-corrected chi connectivity index (χ3v) is 3.85.